The molecule has 1 aliphatic rings. The fraction of sp³-hybridized carbons (Fsp3) is 0.611. The zero-order valence-electron chi connectivity index (χ0n) is 15.1. The van der Waals surface area contributed by atoms with Gasteiger partial charge in [0.2, 0.25) is 0 Å². The Balaban J connectivity index is 1.48. The first kappa shape index (κ1) is 18.0. The average Bonchev–Trinajstić information content (AvgIpc) is 3.05. The molecule has 25 heavy (non-hydrogen) atoms. The number of guanidine groups is 1. The molecule has 6 nitrogen and oxygen atoms in total. The van der Waals surface area contributed by atoms with Crippen LogP contribution in [0.3, 0.4) is 0 Å². The molecule has 0 bridgehead atoms. The molecule has 1 fully saturated rings. The van der Waals surface area contributed by atoms with E-state index in [0.29, 0.717) is 6.04 Å². The number of hydrogen-bond acceptors (Lipinski definition) is 4. The van der Waals surface area contributed by atoms with Gasteiger partial charge in [0.1, 0.15) is 5.82 Å². The van der Waals surface area contributed by atoms with Crippen molar-refractivity contribution in [3.8, 4) is 0 Å². The zero-order chi connectivity index (χ0) is 17.5. The van der Waals surface area contributed by atoms with Crippen molar-refractivity contribution in [3.05, 3.63) is 30.2 Å². The molecule has 2 unspecified atom stereocenters. The molecule has 0 saturated heterocycles. The van der Waals surface area contributed by atoms with Gasteiger partial charge in [-0.25, -0.2) is 0 Å². The lowest BCUT2D eigenvalue weighted by atomic mass is 9.95. The normalized spacial score (nSPS) is 21.4. The third-order valence-corrected chi connectivity index (χ3v) is 5.85. The number of hydrogen-bond donors (Lipinski definition) is 2. The van der Waals surface area contributed by atoms with E-state index in [1.807, 2.05) is 35.8 Å². The van der Waals surface area contributed by atoms with Crippen molar-refractivity contribution in [1.29, 1.82) is 0 Å². The van der Waals surface area contributed by atoms with Crippen LogP contribution in [0, 0.1) is 0 Å². The first-order valence-electron chi connectivity index (χ1n) is 9.17. The Kier molecular flexibility index (Phi) is 6.55. The standard InChI is InChI=1S/C18H28N6S/c1-3-25-15-8-6-7-14(13-15)21-18(19-2)20-11-10-17-23-22-16-9-4-5-12-24(16)17/h4-5,9,12,14-15H,3,6-8,10-11,13H2,1-2H3,(H2,19,20,21). The van der Waals surface area contributed by atoms with E-state index in [1.165, 1.54) is 31.4 Å². The summed E-state index contributed by atoms with van der Waals surface area (Å²) < 4.78 is 2.03. The maximum absolute atomic E-state index is 4.38. The minimum Gasteiger partial charge on any atom is -0.356 e. The molecule has 7 heteroatoms. The second kappa shape index (κ2) is 9.08. The molecular formula is C18H28N6S. The number of nitrogens with zero attached hydrogens (tertiary/aromatic N) is 4. The van der Waals surface area contributed by atoms with Crippen LogP contribution < -0.4 is 10.6 Å². The minimum absolute atomic E-state index is 0.526. The number of thioether (sulfide) groups is 1. The molecule has 0 spiro atoms. The Hall–Kier alpha value is -1.76. The maximum atomic E-state index is 4.38. The van der Waals surface area contributed by atoms with Crippen molar-refractivity contribution >= 4 is 23.4 Å². The third-order valence-electron chi connectivity index (χ3n) is 4.62. The Labute approximate surface area is 153 Å². The van der Waals surface area contributed by atoms with E-state index in [9.17, 15) is 0 Å². The van der Waals surface area contributed by atoms with Gasteiger partial charge in [-0.1, -0.05) is 19.4 Å². The lowest BCUT2D eigenvalue weighted by molar-refractivity contribution is 0.419. The lowest BCUT2D eigenvalue weighted by Crippen LogP contribution is -2.46. The van der Waals surface area contributed by atoms with Crippen LogP contribution >= 0.6 is 11.8 Å². The van der Waals surface area contributed by atoms with Gasteiger partial charge < -0.3 is 10.6 Å². The first-order chi connectivity index (χ1) is 12.3. The summed E-state index contributed by atoms with van der Waals surface area (Å²) in [5.41, 5.74) is 0.890. The van der Waals surface area contributed by atoms with E-state index < -0.39 is 0 Å². The van der Waals surface area contributed by atoms with Gasteiger partial charge in [0.15, 0.2) is 11.6 Å². The van der Waals surface area contributed by atoms with Crippen molar-refractivity contribution in [2.75, 3.05) is 19.3 Å². The highest BCUT2D eigenvalue weighted by molar-refractivity contribution is 7.99. The van der Waals surface area contributed by atoms with E-state index in [0.717, 1.165) is 35.6 Å². The largest absolute Gasteiger partial charge is 0.356 e. The predicted octanol–water partition coefficient (Wildman–Crippen LogP) is 2.50. The monoisotopic (exact) mass is 360 g/mol. The fourth-order valence-corrected chi connectivity index (χ4v) is 4.58. The van der Waals surface area contributed by atoms with Crippen molar-refractivity contribution in [2.45, 2.75) is 50.3 Å². The molecule has 2 atom stereocenters. The summed E-state index contributed by atoms with van der Waals surface area (Å²) in [6.45, 7) is 3.03. The molecule has 0 aliphatic heterocycles. The second-order valence-electron chi connectivity index (χ2n) is 6.38. The second-order valence-corrected chi connectivity index (χ2v) is 7.96. The van der Waals surface area contributed by atoms with Gasteiger partial charge in [-0.15, -0.1) is 10.2 Å². The SMILES string of the molecule is CCSC1CCCC(NC(=NC)NCCc2nnc3ccccn23)C1. The Morgan fingerprint density at radius 1 is 1.36 bits per heavy atom. The van der Waals surface area contributed by atoms with E-state index >= 15 is 0 Å². The summed E-state index contributed by atoms with van der Waals surface area (Å²) in [7, 11) is 1.84. The Morgan fingerprint density at radius 3 is 3.12 bits per heavy atom. The number of rotatable bonds is 6. The smallest absolute Gasteiger partial charge is 0.191 e. The van der Waals surface area contributed by atoms with Gasteiger partial charge in [0.05, 0.1) is 0 Å². The third kappa shape index (κ3) is 4.87. The first-order valence-corrected chi connectivity index (χ1v) is 10.2. The van der Waals surface area contributed by atoms with Gasteiger partial charge in [0, 0.05) is 37.5 Å². The van der Waals surface area contributed by atoms with Gasteiger partial charge in [0.25, 0.3) is 0 Å². The molecule has 2 aromatic rings. The molecule has 2 aromatic heterocycles. The molecule has 0 amide bonds. The maximum Gasteiger partial charge on any atom is 0.191 e. The zero-order valence-corrected chi connectivity index (χ0v) is 15.9. The Bertz CT molecular complexity index is 696. The lowest BCUT2D eigenvalue weighted by Gasteiger charge is -2.30. The molecule has 1 aliphatic carbocycles. The quantitative estimate of drug-likeness (QED) is 0.612. The summed E-state index contributed by atoms with van der Waals surface area (Å²) in [5, 5.41) is 16.3. The summed E-state index contributed by atoms with van der Waals surface area (Å²) in [4.78, 5) is 4.38. The van der Waals surface area contributed by atoms with Crippen LogP contribution in [0.4, 0.5) is 0 Å². The van der Waals surface area contributed by atoms with Crippen LogP contribution in [0.1, 0.15) is 38.4 Å². The highest BCUT2D eigenvalue weighted by atomic mass is 32.2. The van der Waals surface area contributed by atoms with E-state index in [1.54, 1.807) is 0 Å². The van der Waals surface area contributed by atoms with Crippen LogP contribution in [0.5, 0.6) is 0 Å². The molecule has 2 heterocycles. The highest BCUT2D eigenvalue weighted by Gasteiger charge is 2.22. The van der Waals surface area contributed by atoms with E-state index in [4.69, 9.17) is 0 Å². The molecule has 2 N–H and O–H groups in total. The number of fused-ring (bicyclic) bond motifs is 1. The van der Waals surface area contributed by atoms with Crippen LogP contribution in [0.15, 0.2) is 29.4 Å². The fourth-order valence-electron chi connectivity index (χ4n) is 3.41. The Morgan fingerprint density at radius 2 is 2.28 bits per heavy atom. The van der Waals surface area contributed by atoms with Crippen molar-refractivity contribution < 1.29 is 0 Å². The summed E-state index contributed by atoms with van der Waals surface area (Å²) in [5.74, 6) is 3.06. The number of nitrogens with one attached hydrogen (secondary N) is 2. The van der Waals surface area contributed by atoms with Crippen LogP contribution in [0.2, 0.25) is 0 Å². The molecule has 3 rings (SSSR count). The van der Waals surface area contributed by atoms with Gasteiger partial charge in [-0.05, 0) is 37.1 Å². The van der Waals surface area contributed by atoms with Gasteiger partial charge >= 0.3 is 0 Å². The molecule has 0 radical (unpaired) electrons. The van der Waals surface area contributed by atoms with Gasteiger partial charge in [-0.3, -0.25) is 9.39 Å². The number of pyridine rings is 1. The minimum atomic E-state index is 0.526. The van der Waals surface area contributed by atoms with E-state index in [-0.39, 0.29) is 0 Å². The van der Waals surface area contributed by atoms with Crippen LogP contribution in [0.25, 0.3) is 5.65 Å². The topological polar surface area (TPSA) is 66.6 Å². The van der Waals surface area contributed by atoms with Crippen molar-refractivity contribution in [3.63, 3.8) is 0 Å². The number of aliphatic imine (C=N–C) groups is 1. The number of aromatic nitrogens is 3. The summed E-state index contributed by atoms with van der Waals surface area (Å²) in [6.07, 6.45) is 7.93. The van der Waals surface area contributed by atoms with E-state index in [2.05, 4.69) is 44.5 Å². The molecule has 0 aromatic carbocycles. The average molecular weight is 361 g/mol. The van der Waals surface area contributed by atoms with Crippen molar-refractivity contribution in [1.82, 2.24) is 25.2 Å². The molecular weight excluding hydrogens is 332 g/mol. The summed E-state index contributed by atoms with van der Waals surface area (Å²) >= 11 is 2.09. The van der Waals surface area contributed by atoms with Crippen molar-refractivity contribution in [2.24, 2.45) is 4.99 Å². The van der Waals surface area contributed by atoms with Crippen LogP contribution in [-0.4, -0.2) is 51.2 Å². The van der Waals surface area contributed by atoms with Crippen LogP contribution in [-0.2, 0) is 6.42 Å². The molecule has 136 valence electrons. The highest BCUT2D eigenvalue weighted by Crippen LogP contribution is 2.28. The predicted molar refractivity (Wildman–Crippen MR) is 105 cm³/mol. The van der Waals surface area contributed by atoms with Gasteiger partial charge in [-0.2, -0.15) is 11.8 Å². The molecule has 1 saturated carbocycles. The summed E-state index contributed by atoms with van der Waals surface area (Å²) in [6, 6.07) is 6.48.